The Morgan fingerprint density at radius 3 is 2.64 bits per heavy atom. The van der Waals surface area contributed by atoms with Gasteiger partial charge in [-0.3, -0.25) is 4.79 Å². The van der Waals surface area contributed by atoms with Gasteiger partial charge in [0.2, 0.25) is 5.78 Å². The largest absolute Gasteiger partial charge is 0.462 e. The van der Waals surface area contributed by atoms with Gasteiger partial charge in [-0.15, -0.1) is 0 Å². The Labute approximate surface area is 78.9 Å². The summed E-state index contributed by atoms with van der Waals surface area (Å²) in [5.74, 6) is 0.381. The van der Waals surface area contributed by atoms with Crippen molar-refractivity contribution in [1.29, 1.82) is 0 Å². The van der Waals surface area contributed by atoms with E-state index in [0.29, 0.717) is 9.53 Å². The van der Waals surface area contributed by atoms with Gasteiger partial charge in [0.05, 0.1) is 6.10 Å². The summed E-state index contributed by atoms with van der Waals surface area (Å²) < 4.78 is 10.8. The summed E-state index contributed by atoms with van der Waals surface area (Å²) in [6.45, 7) is 3.91. The third kappa shape index (κ3) is 2.08. The van der Waals surface area contributed by atoms with E-state index in [9.17, 15) is 4.79 Å². The minimum Gasteiger partial charge on any atom is -0.462 e. The predicted molar refractivity (Wildman–Crippen MR) is 48.2 cm³/mol. The molecule has 0 aromatic carbocycles. The van der Waals surface area contributed by atoms with Gasteiger partial charge in [-0.1, -0.05) is 0 Å². The maximum atomic E-state index is 10.9. The van der Waals surface area contributed by atoms with Gasteiger partial charge in [0, 0.05) is 0 Å². The molecule has 1 rings (SSSR count). The van der Waals surface area contributed by atoms with Crippen molar-refractivity contribution in [3.63, 3.8) is 0 Å². The fraction of sp³-hybridized carbons (Fsp3) is 0.571. The number of carbonyl (C=O) groups excluding carboxylic acids is 1. The fourth-order valence-corrected chi connectivity index (χ4v) is 1.11. The molecule has 1 aliphatic heterocycles. The Balaban J connectivity index is 2.64. The second kappa shape index (κ2) is 3.42. The average Bonchev–Trinajstić information content (AvgIpc) is 2.18. The number of Topliss-reactive ketones (excluding diaryl/α,β-unsaturated/α-hetero) is 1. The Bertz CT molecular complexity index is 208. The number of rotatable bonds is 2. The van der Waals surface area contributed by atoms with E-state index < -0.39 is 0 Å². The van der Waals surface area contributed by atoms with Gasteiger partial charge in [0.25, 0.3) is 5.95 Å². The molecule has 0 N–H and O–H groups in total. The average molecular weight is 268 g/mol. The van der Waals surface area contributed by atoms with Gasteiger partial charge in [0.15, 0.2) is 6.61 Å². The number of ketones is 1. The third-order valence-corrected chi connectivity index (χ3v) is 2.14. The quantitative estimate of drug-likeness (QED) is 0.714. The van der Waals surface area contributed by atoms with E-state index in [2.05, 4.69) is 0 Å². The number of halogens is 1. The fourth-order valence-electron chi connectivity index (χ4n) is 0.671. The summed E-state index contributed by atoms with van der Waals surface area (Å²) in [6.07, 6.45) is 0.0562. The monoisotopic (exact) mass is 268 g/mol. The lowest BCUT2D eigenvalue weighted by Crippen LogP contribution is -2.02. The first-order valence-electron chi connectivity index (χ1n) is 3.33. The van der Waals surface area contributed by atoms with Crippen LogP contribution >= 0.6 is 22.6 Å². The van der Waals surface area contributed by atoms with E-state index >= 15 is 0 Å². The second-order valence-electron chi connectivity index (χ2n) is 2.48. The lowest BCUT2D eigenvalue weighted by Gasteiger charge is -2.09. The first-order chi connectivity index (χ1) is 5.11. The molecule has 62 valence electrons. The molecule has 0 fully saturated rings. The van der Waals surface area contributed by atoms with Crippen LogP contribution in [0.25, 0.3) is 0 Å². The molecular formula is C7H9IO3. The highest BCUT2D eigenvalue weighted by Crippen LogP contribution is 2.23. The Morgan fingerprint density at radius 2 is 2.27 bits per heavy atom. The van der Waals surface area contributed by atoms with Crippen LogP contribution in [-0.4, -0.2) is 18.5 Å². The summed E-state index contributed by atoms with van der Waals surface area (Å²) in [4.78, 5) is 10.9. The van der Waals surface area contributed by atoms with Gasteiger partial charge >= 0.3 is 0 Å². The number of ether oxygens (including phenoxy) is 2. The molecular weight excluding hydrogens is 259 g/mol. The molecule has 0 bridgehead atoms. The number of carbonyl (C=O) groups is 1. The highest BCUT2D eigenvalue weighted by molar-refractivity contribution is 14.1. The highest BCUT2D eigenvalue weighted by Gasteiger charge is 2.24. The van der Waals surface area contributed by atoms with Gasteiger partial charge in [-0.25, -0.2) is 0 Å². The minimum absolute atomic E-state index is 0.00116. The molecule has 0 saturated heterocycles. The first-order valence-corrected chi connectivity index (χ1v) is 4.41. The number of hydrogen-bond donors (Lipinski definition) is 0. The number of hydrogen-bond acceptors (Lipinski definition) is 3. The molecule has 0 aliphatic carbocycles. The molecule has 0 radical (unpaired) electrons. The first kappa shape index (κ1) is 8.83. The normalized spacial score (nSPS) is 17.6. The van der Waals surface area contributed by atoms with Crippen LogP contribution in [0.15, 0.2) is 9.53 Å². The zero-order valence-corrected chi connectivity index (χ0v) is 8.54. The molecule has 0 amide bonds. The van der Waals surface area contributed by atoms with Crippen molar-refractivity contribution < 1.29 is 14.3 Å². The van der Waals surface area contributed by atoms with Gasteiger partial charge in [-0.05, 0) is 36.4 Å². The van der Waals surface area contributed by atoms with Crippen molar-refractivity contribution in [3.8, 4) is 0 Å². The van der Waals surface area contributed by atoms with Crippen LogP contribution in [0.5, 0.6) is 0 Å². The SMILES string of the molecule is CC(C)OC1=C(I)C(=O)CO1. The van der Waals surface area contributed by atoms with E-state index in [-0.39, 0.29) is 18.5 Å². The zero-order chi connectivity index (χ0) is 8.43. The molecule has 0 atom stereocenters. The molecule has 0 aromatic rings. The molecule has 11 heavy (non-hydrogen) atoms. The standard InChI is InChI=1S/C7H9IO3/c1-4(2)11-7-6(8)5(9)3-10-7/h4H,3H2,1-2H3. The van der Waals surface area contributed by atoms with Gasteiger partial charge in [0.1, 0.15) is 3.58 Å². The Kier molecular flexibility index (Phi) is 2.75. The van der Waals surface area contributed by atoms with Crippen LogP contribution in [0.2, 0.25) is 0 Å². The molecule has 0 saturated carbocycles. The van der Waals surface area contributed by atoms with Crippen LogP contribution < -0.4 is 0 Å². The summed E-state index contributed by atoms with van der Waals surface area (Å²) in [6, 6.07) is 0. The van der Waals surface area contributed by atoms with Crippen LogP contribution in [-0.2, 0) is 14.3 Å². The van der Waals surface area contributed by atoms with Crippen LogP contribution in [0.1, 0.15) is 13.8 Å². The summed E-state index contributed by atoms with van der Waals surface area (Å²) in [7, 11) is 0. The summed E-state index contributed by atoms with van der Waals surface area (Å²) >= 11 is 1.93. The predicted octanol–water partition coefficient (Wildman–Crippen LogP) is 1.61. The molecule has 3 nitrogen and oxygen atoms in total. The topological polar surface area (TPSA) is 35.5 Å². The van der Waals surface area contributed by atoms with E-state index in [4.69, 9.17) is 9.47 Å². The Morgan fingerprint density at radius 1 is 1.64 bits per heavy atom. The van der Waals surface area contributed by atoms with E-state index in [1.165, 1.54) is 0 Å². The van der Waals surface area contributed by atoms with Gasteiger partial charge < -0.3 is 9.47 Å². The Hall–Kier alpha value is -0.260. The van der Waals surface area contributed by atoms with Crippen LogP contribution in [0.4, 0.5) is 0 Å². The maximum Gasteiger partial charge on any atom is 0.297 e. The van der Waals surface area contributed by atoms with Crippen LogP contribution in [0.3, 0.4) is 0 Å². The molecule has 4 heteroatoms. The van der Waals surface area contributed by atoms with E-state index in [1.807, 2.05) is 36.4 Å². The van der Waals surface area contributed by atoms with Crippen molar-refractivity contribution in [2.24, 2.45) is 0 Å². The van der Waals surface area contributed by atoms with E-state index in [0.717, 1.165) is 0 Å². The maximum absolute atomic E-state index is 10.9. The third-order valence-electron chi connectivity index (χ3n) is 1.10. The van der Waals surface area contributed by atoms with Crippen molar-refractivity contribution >= 4 is 28.4 Å². The molecule has 1 aliphatic rings. The van der Waals surface area contributed by atoms with Gasteiger partial charge in [-0.2, -0.15) is 0 Å². The molecule has 0 unspecified atom stereocenters. The molecule has 0 aromatic heterocycles. The van der Waals surface area contributed by atoms with Crippen molar-refractivity contribution in [2.45, 2.75) is 20.0 Å². The lowest BCUT2D eigenvalue weighted by atomic mass is 10.4. The highest BCUT2D eigenvalue weighted by atomic mass is 127. The summed E-state index contributed by atoms with van der Waals surface area (Å²) in [5, 5.41) is 0. The molecule has 0 spiro atoms. The van der Waals surface area contributed by atoms with Crippen LogP contribution in [0, 0.1) is 0 Å². The van der Waals surface area contributed by atoms with Crippen molar-refractivity contribution in [3.05, 3.63) is 9.53 Å². The zero-order valence-electron chi connectivity index (χ0n) is 6.39. The summed E-state index contributed by atoms with van der Waals surface area (Å²) in [5.41, 5.74) is 0. The van der Waals surface area contributed by atoms with Crippen molar-refractivity contribution in [1.82, 2.24) is 0 Å². The molecule has 1 heterocycles. The van der Waals surface area contributed by atoms with E-state index in [1.54, 1.807) is 0 Å². The van der Waals surface area contributed by atoms with Crippen molar-refractivity contribution in [2.75, 3.05) is 6.61 Å². The lowest BCUT2D eigenvalue weighted by molar-refractivity contribution is -0.116. The smallest absolute Gasteiger partial charge is 0.297 e. The minimum atomic E-state index is 0.00116. The second-order valence-corrected chi connectivity index (χ2v) is 3.56.